The van der Waals surface area contributed by atoms with E-state index in [0.717, 1.165) is 31.8 Å². The highest BCUT2D eigenvalue weighted by Crippen LogP contribution is 2.35. The molecule has 1 unspecified atom stereocenters. The smallest absolute Gasteiger partial charge is 0.225 e. The second-order valence-electron chi connectivity index (χ2n) is 7.43. The Balaban J connectivity index is 1.56. The maximum absolute atomic E-state index is 12.4. The molecule has 2 heteroatoms. The van der Waals surface area contributed by atoms with Crippen LogP contribution < -0.4 is 0 Å². The first kappa shape index (κ1) is 14.9. The van der Waals surface area contributed by atoms with Crippen molar-refractivity contribution >= 4 is 5.91 Å². The Morgan fingerprint density at radius 2 is 2.00 bits per heavy atom. The van der Waals surface area contributed by atoms with Crippen molar-refractivity contribution in [3.63, 3.8) is 0 Å². The molecule has 1 atom stereocenters. The highest BCUT2D eigenvalue weighted by atomic mass is 16.2. The van der Waals surface area contributed by atoms with Crippen molar-refractivity contribution in [3.8, 4) is 0 Å². The molecule has 0 aromatic heterocycles. The van der Waals surface area contributed by atoms with Crippen LogP contribution in [0.2, 0.25) is 0 Å². The first-order valence-corrected chi connectivity index (χ1v) is 8.74. The number of carbonyl (C=O) groups excluding carboxylic acids is 1. The standard InChI is InChI=1S/C19H29NO/c1-14-3-7-17(8-4-14)15(2)11-12-20(13-16-5-6-16)19(21)18-9-10-18/h3,11,16-18H,4-10,12-13H2,1-2H3/b15-11+. The van der Waals surface area contributed by atoms with Crippen LogP contribution >= 0.6 is 0 Å². The second kappa shape index (κ2) is 6.37. The molecule has 3 aliphatic rings. The van der Waals surface area contributed by atoms with E-state index in [2.05, 4.69) is 30.9 Å². The molecule has 0 aromatic rings. The molecule has 1 amide bonds. The molecular weight excluding hydrogens is 258 g/mol. The summed E-state index contributed by atoms with van der Waals surface area (Å²) in [6, 6.07) is 0. The van der Waals surface area contributed by atoms with Crippen LogP contribution in [0.3, 0.4) is 0 Å². The molecule has 0 heterocycles. The van der Waals surface area contributed by atoms with E-state index in [1.165, 1.54) is 37.7 Å². The Kier molecular flexibility index (Phi) is 4.51. The van der Waals surface area contributed by atoms with Gasteiger partial charge in [0.15, 0.2) is 0 Å². The molecule has 0 radical (unpaired) electrons. The topological polar surface area (TPSA) is 20.3 Å². The molecule has 0 N–H and O–H groups in total. The van der Waals surface area contributed by atoms with Crippen LogP contribution in [-0.4, -0.2) is 23.9 Å². The first-order valence-electron chi connectivity index (χ1n) is 8.74. The zero-order chi connectivity index (χ0) is 14.8. The number of amides is 1. The number of hydrogen-bond donors (Lipinski definition) is 0. The van der Waals surface area contributed by atoms with Crippen molar-refractivity contribution in [3.05, 3.63) is 23.3 Å². The van der Waals surface area contributed by atoms with Gasteiger partial charge in [-0.3, -0.25) is 4.79 Å². The maximum atomic E-state index is 12.4. The van der Waals surface area contributed by atoms with Crippen molar-refractivity contribution in [2.24, 2.45) is 17.8 Å². The van der Waals surface area contributed by atoms with E-state index >= 15 is 0 Å². The van der Waals surface area contributed by atoms with Gasteiger partial charge in [-0.15, -0.1) is 0 Å². The van der Waals surface area contributed by atoms with E-state index in [-0.39, 0.29) is 0 Å². The third kappa shape index (κ3) is 4.21. The molecule has 0 aromatic carbocycles. The van der Waals surface area contributed by atoms with Gasteiger partial charge < -0.3 is 4.90 Å². The Morgan fingerprint density at radius 1 is 1.24 bits per heavy atom. The lowest BCUT2D eigenvalue weighted by atomic mass is 9.85. The van der Waals surface area contributed by atoms with E-state index < -0.39 is 0 Å². The molecule has 0 saturated heterocycles. The summed E-state index contributed by atoms with van der Waals surface area (Å²) < 4.78 is 0. The molecule has 21 heavy (non-hydrogen) atoms. The van der Waals surface area contributed by atoms with Crippen LogP contribution in [0.5, 0.6) is 0 Å². The number of rotatable bonds is 6. The fourth-order valence-electron chi connectivity index (χ4n) is 3.25. The van der Waals surface area contributed by atoms with Crippen LogP contribution in [0.15, 0.2) is 23.3 Å². The summed E-state index contributed by atoms with van der Waals surface area (Å²) in [7, 11) is 0. The highest BCUT2D eigenvalue weighted by Gasteiger charge is 2.35. The molecule has 2 fully saturated rings. The number of hydrogen-bond acceptors (Lipinski definition) is 1. The molecule has 0 bridgehead atoms. The Bertz CT molecular complexity index is 454. The van der Waals surface area contributed by atoms with E-state index in [0.29, 0.717) is 17.7 Å². The van der Waals surface area contributed by atoms with Crippen molar-refractivity contribution < 1.29 is 4.79 Å². The average molecular weight is 287 g/mol. The summed E-state index contributed by atoms with van der Waals surface area (Å²) in [5.74, 6) is 2.28. The van der Waals surface area contributed by atoms with Crippen LogP contribution in [0, 0.1) is 17.8 Å². The van der Waals surface area contributed by atoms with Crippen LogP contribution in [0.25, 0.3) is 0 Å². The molecular formula is C19H29NO. The number of allylic oxidation sites excluding steroid dienone is 3. The van der Waals surface area contributed by atoms with Crippen molar-refractivity contribution in [2.75, 3.05) is 13.1 Å². The Labute approximate surface area is 129 Å². The Hall–Kier alpha value is -1.05. The highest BCUT2D eigenvalue weighted by molar-refractivity contribution is 5.81. The summed E-state index contributed by atoms with van der Waals surface area (Å²) >= 11 is 0. The van der Waals surface area contributed by atoms with Gasteiger partial charge in [-0.05, 0) is 70.6 Å². The van der Waals surface area contributed by atoms with E-state index in [9.17, 15) is 4.79 Å². The lowest BCUT2D eigenvalue weighted by Crippen LogP contribution is -2.34. The van der Waals surface area contributed by atoms with Crippen LogP contribution in [-0.2, 0) is 4.79 Å². The van der Waals surface area contributed by atoms with Crippen molar-refractivity contribution in [2.45, 2.75) is 58.8 Å². The summed E-state index contributed by atoms with van der Waals surface area (Å²) in [6.45, 7) is 6.34. The summed E-state index contributed by atoms with van der Waals surface area (Å²) in [5, 5.41) is 0. The summed E-state index contributed by atoms with van der Waals surface area (Å²) in [5.41, 5.74) is 3.03. The summed E-state index contributed by atoms with van der Waals surface area (Å²) in [6.07, 6.45) is 13.3. The van der Waals surface area contributed by atoms with Gasteiger partial charge in [-0.1, -0.05) is 23.3 Å². The predicted molar refractivity (Wildman–Crippen MR) is 86.9 cm³/mol. The van der Waals surface area contributed by atoms with Gasteiger partial charge >= 0.3 is 0 Å². The molecule has 2 saturated carbocycles. The van der Waals surface area contributed by atoms with Gasteiger partial charge in [0.1, 0.15) is 0 Å². The quantitative estimate of drug-likeness (QED) is 0.666. The van der Waals surface area contributed by atoms with E-state index in [4.69, 9.17) is 0 Å². The van der Waals surface area contributed by atoms with Gasteiger partial charge in [0.2, 0.25) is 5.91 Å². The monoisotopic (exact) mass is 287 g/mol. The van der Waals surface area contributed by atoms with Gasteiger partial charge in [0, 0.05) is 19.0 Å². The molecule has 116 valence electrons. The van der Waals surface area contributed by atoms with E-state index in [1.54, 1.807) is 5.57 Å². The summed E-state index contributed by atoms with van der Waals surface area (Å²) in [4.78, 5) is 14.5. The minimum absolute atomic E-state index is 0.359. The minimum Gasteiger partial charge on any atom is -0.338 e. The predicted octanol–water partition coefficient (Wildman–Crippen LogP) is 4.33. The second-order valence-corrected chi connectivity index (χ2v) is 7.43. The number of carbonyl (C=O) groups is 1. The molecule has 2 nitrogen and oxygen atoms in total. The van der Waals surface area contributed by atoms with Gasteiger partial charge in [-0.25, -0.2) is 0 Å². The zero-order valence-corrected chi connectivity index (χ0v) is 13.6. The third-order valence-electron chi connectivity index (χ3n) is 5.33. The van der Waals surface area contributed by atoms with E-state index in [1.807, 2.05) is 0 Å². The van der Waals surface area contributed by atoms with Crippen LogP contribution in [0.1, 0.15) is 58.8 Å². The van der Waals surface area contributed by atoms with Gasteiger partial charge in [0.05, 0.1) is 0 Å². The normalized spacial score (nSPS) is 26.5. The van der Waals surface area contributed by atoms with Gasteiger partial charge in [0.25, 0.3) is 0 Å². The lowest BCUT2D eigenvalue weighted by Gasteiger charge is -2.24. The average Bonchev–Trinajstić information content (AvgIpc) is 3.37. The molecule has 0 aliphatic heterocycles. The first-order chi connectivity index (χ1) is 10.1. The lowest BCUT2D eigenvalue weighted by molar-refractivity contribution is -0.132. The molecule has 3 rings (SSSR count). The van der Waals surface area contributed by atoms with Crippen molar-refractivity contribution in [1.29, 1.82) is 0 Å². The SMILES string of the molecule is CC1=CCC(/C(C)=C/CN(CC2CC2)C(=O)C2CC2)CC1. The van der Waals surface area contributed by atoms with Crippen LogP contribution in [0.4, 0.5) is 0 Å². The largest absolute Gasteiger partial charge is 0.338 e. The maximum Gasteiger partial charge on any atom is 0.225 e. The fourth-order valence-corrected chi connectivity index (χ4v) is 3.25. The van der Waals surface area contributed by atoms with Crippen molar-refractivity contribution in [1.82, 2.24) is 4.90 Å². The minimum atomic E-state index is 0.359. The Morgan fingerprint density at radius 3 is 2.57 bits per heavy atom. The molecule has 3 aliphatic carbocycles. The fraction of sp³-hybridized carbons (Fsp3) is 0.737. The third-order valence-corrected chi connectivity index (χ3v) is 5.33. The molecule has 0 spiro atoms. The zero-order valence-electron chi connectivity index (χ0n) is 13.6. The van der Waals surface area contributed by atoms with Gasteiger partial charge in [-0.2, -0.15) is 0 Å². The number of nitrogens with zero attached hydrogens (tertiary/aromatic N) is 1.